The van der Waals surface area contributed by atoms with Crippen molar-refractivity contribution in [3.8, 4) is 0 Å². The minimum atomic E-state index is 0.430. The molecule has 1 aromatic heterocycles. The molecule has 0 spiro atoms. The summed E-state index contributed by atoms with van der Waals surface area (Å²) in [5, 5.41) is 7.90. The van der Waals surface area contributed by atoms with Crippen molar-refractivity contribution in [1.29, 1.82) is 0 Å². The van der Waals surface area contributed by atoms with Crippen molar-refractivity contribution in [3.63, 3.8) is 0 Å². The van der Waals surface area contributed by atoms with E-state index in [-0.39, 0.29) is 0 Å². The molecule has 1 aliphatic heterocycles. The zero-order valence-corrected chi connectivity index (χ0v) is 10.3. The Morgan fingerprint density at radius 2 is 2.33 bits per heavy atom. The molecular weight excluding hydrogens is 206 g/mol. The third-order valence-corrected chi connectivity index (χ3v) is 3.88. The van der Waals surface area contributed by atoms with Crippen molar-refractivity contribution in [1.82, 2.24) is 5.32 Å². The minimum absolute atomic E-state index is 0.430. The van der Waals surface area contributed by atoms with Crippen LogP contribution in [-0.4, -0.2) is 18.8 Å². The Bertz CT molecular complexity index is 310. The fourth-order valence-electron chi connectivity index (χ4n) is 1.97. The topological polar surface area (TPSA) is 21.3 Å². The maximum Gasteiger partial charge on any atom is 0.0704 e. The van der Waals surface area contributed by atoms with E-state index < -0.39 is 0 Å². The van der Waals surface area contributed by atoms with Crippen molar-refractivity contribution < 1.29 is 4.74 Å². The Morgan fingerprint density at radius 3 is 2.93 bits per heavy atom. The second kappa shape index (κ2) is 5.10. The van der Waals surface area contributed by atoms with Gasteiger partial charge < -0.3 is 10.1 Å². The van der Waals surface area contributed by atoms with E-state index in [2.05, 4.69) is 29.9 Å². The summed E-state index contributed by atoms with van der Waals surface area (Å²) in [4.78, 5) is 0. The number of thiophene rings is 1. The fourth-order valence-corrected chi connectivity index (χ4v) is 2.83. The molecule has 2 heterocycles. The van der Waals surface area contributed by atoms with Crippen LogP contribution in [0.3, 0.4) is 0 Å². The Hall–Kier alpha value is -0.380. The van der Waals surface area contributed by atoms with Crippen LogP contribution in [0, 0.1) is 6.92 Å². The monoisotopic (exact) mass is 225 g/mol. The summed E-state index contributed by atoms with van der Waals surface area (Å²) in [6, 6.07) is 0. The van der Waals surface area contributed by atoms with Crippen LogP contribution < -0.4 is 5.32 Å². The molecule has 1 saturated heterocycles. The van der Waals surface area contributed by atoms with Gasteiger partial charge in [-0.1, -0.05) is 0 Å². The number of ether oxygens (including phenoxy) is 1. The summed E-state index contributed by atoms with van der Waals surface area (Å²) < 4.78 is 5.75. The van der Waals surface area contributed by atoms with Gasteiger partial charge in [0, 0.05) is 13.1 Å². The lowest BCUT2D eigenvalue weighted by Gasteiger charge is -2.12. The van der Waals surface area contributed by atoms with E-state index in [1.54, 1.807) is 11.3 Å². The lowest BCUT2D eigenvalue weighted by atomic mass is 10.2. The average molecular weight is 225 g/mol. The van der Waals surface area contributed by atoms with E-state index in [0.29, 0.717) is 12.2 Å². The van der Waals surface area contributed by atoms with E-state index in [4.69, 9.17) is 4.74 Å². The molecule has 0 amide bonds. The summed E-state index contributed by atoms with van der Waals surface area (Å²) in [5.74, 6) is 0. The van der Waals surface area contributed by atoms with Gasteiger partial charge in [-0.25, -0.2) is 0 Å². The van der Waals surface area contributed by atoms with Crippen LogP contribution >= 0.6 is 11.3 Å². The molecule has 1 aliphatic rings. The van der Waals surface area contributed by atoms with E-state index in [1.165, 1.54) is 24.0 Å². The molecular formula is C12H19NOS. The van der Waals surface area contributed by atoms with Crippen molar-refractivity contribution in [2.24, 2.45) is 0 Å². The van der Waals surface area contributed by atoms with Gasteiger partial charge in [-0.05, 0) is 48.6 Å². The molecule has 0 radical (unpaired) electrons. The number of nitrogens with one attached hydrogen (secondary N) is 1. The van der Waals surface area contributed by atoms with Gasteiger partial charge in [0.15, 0.2) is 0 Å². The van der Waals surface area contributed by atoms with E-state index in [1.807, 2.05) is 0 Å². The van der Waals surface area contributed by atoms with Crippen LogP contribution in [0.2, 0.25) is 0 Å². The molecule has 84 valence electrons. The van der Waals surface area contributed by atoms with Crippen molar-refractivity contribution >= 4 is 11.3 Å². The van der Waals surface area contributed by atoms with Gasteiger partial charge in [-0.2, -0.15) is 11.3 Å². The summed E-state index contributed by atoms with van der Waals surface area (Å²) in [6.45, 7) is 6.29. The SMILES string of the molecule is Cc1cscc1CNCC1CCC(C)O1. The molecule has 1 fully saturated rings. The molecule has 0 aliphatic carbocycles. The first kappa shape index (κ1) is 11.1. The highest BCUT2D eigenvalue weighted by atomic mass is 32.1. The van der Waals surface area contributed by atoms with Gasteiger partial charge in [0.05, 0.1) is 12.2 Å². The normalized spacial score (nSPS) is 26.0. The van der Waals surface area contributed by atoms with Crippen molar-refractivity contribution in [2.75, 3.05) is 6.54 Å². The van der Waals surface area contributed by atoms with Gasteiger partial charge in [-0.15, -0.1) is 0 Å². The van der Waals surface area contributed by atoms with Crippen LogP contribution in [0.5, 0.6) is 0 Å². The highest BCUT2D eigenvalue weighted by Crippen LogP contribution is 2.18. The Morgan fingerprint density at radius 1 is 1.47 bits per heavy atom. The molecule has 15 heavy (non-hydrogen) atoms. The molecule has 2 nitrogen and oxygen atoms in total. The predicted molar refractivity (Wildman–Crippen MR) is 64.3 cm³/mol. The zero-order chi connectivity index (χ0) is 10.7. The first-order valence-corrected chi connectivity index (χ1v) is 6.58. The molecule has 0 bridgehead atoms. The first-order chi connectivity index (χ1) is 7.25. The van der Waals surface area contributed by atoms with Crippen LogP contribution in [-0.2, 0) is 11.3 Å². The Kier molecular flexibility index (Phi) is 3.78. The quantitative estimate of drug-likeness (QED) is 0.850. The summed E-state index contributed by atoms with van der Waals surface area (Å²) in [6.07, 6.45) is 3.30. The smallest absolute Gasteiger partial charge is 0.0704 e. The Balaban J connectivity index is 1.69. The second-order valence-electron chi connectivity index (χ2n) is 4.36. The fraction of sp³-hybridized carbons (Fsp3) is 0.667. The number of hydrogen-bond donors (Lipinski definition) is 1. The maximum absolute atomic E-state index is 5.75. The first-order valence-electron chi connectivity index (χ1n) is 5.63. The largest absolute Gasteiger partial charge is 0.374 e. The third-order valence-electron chi connectivity index (χ3n) is 2.97. The van der Waals surface area contributed by atoms with Crippen LogP contribution in [0.1, 0.15) is 30.9 Å². The Labute approximate surface area is 95.6 Å². The molecule has 2 atom stereocenters. The van der Waals surface area contributed by atoms with Gasteiger partial charge >= 0.3 is 0 Å². The van der Waals surface area contributed by atoms with Crippen LogP contribution in [0.4, 0.5) is 0 Å². The number of aryl methyl sites for hydroxylation is 1. The molecule has 2 rings (SSSR count). The average Bonchev–Trinajstić information content (AvgIpc) is 2.77. The summed E-state index contributed by atoms with van der Waals surface area (Å²) >= 11 is 1.78. The van der Waals surface area contributed by atoms with Crippen LogP contribution in [0.15, 0.2) is 10.8 Å². The minimum Gasteiger partial charge on any atom is -0.374 e. The highest BCUT2D eigenvalue weighted by molar-refractivity contribution is 7.08. The van der Waals surface area contributed by atoms with E-state index in [9.17, 15) is 0 Å². The zero-order valence-electron chi connectivity index (χ0n) is 9.45. The van der Waals surface area contributed by atoms with Crippen LogP contribution in [0.25, 0.3) is 0 Å². The predicted octanol–water partition coefficient (Wildman–Crippen LogP) is 2.71. The molecule has 1 N–H and O–H groups in total. The molecule has 2 unspecified atom stereocenters. The highest BCUT2D eigenvalue weighted by Gasteiger charge is 2.20. The summed E-state index contributed by atoms with van der Waals surface area (Å²) in [5.41, 5.74) is 2.82. The van der Waals surface area contributed by atoms with E-state index >= 15 is 0 Å². The van der Waals surface area contributed by atoms with E-state index in [0.717, 1.165) is 13.1 Å². The van der Waals surface area contributed by atoms with Gasteiger partial charge in [0.1, 0.15) is 0 Å². The molecule has 3 heteroatoms. The summed E-state index contributed by atoms with van der Waals surface area (Å²) in [7, 11) is 0. The second-order valence-corrected chi connectivity index (χ2v) is 5.10. The third kappa shape index (κ3) is 3.03. The standard InChI is InChI=1S/C12H19NOS/c1-9-7-15-8-11(9)5-13-6-12-4-3-10(2)14-12/h7-8,10,12-13H,3-6H2,1-2H3. The molecule has 1 aromatic rings. The number of rotatable bonds is 4. The van der Waals surface area contributed by atoms with Gasteiger partial charge in [0.25, 0.3) is 0 Å². The lowest BCUT2D eigenvalue weighted by molar-refractivity contribution is 0.0559. The van der Waals surface area contributed by atoms with Gasteiger partial charge in [-0.3, -0.25) is 0 Å². The molecule has 0 aromatic carbocycles. The van der Waals surface area contributed by atoms with Crippen molar-refractivity contribution in [2.45, 2.75) is 45.4 Å². The maximum atomic E-state index is 5.75. The number of hydrogen-bond acceptors (Lipinski definition) is 3. The van der Waals surface area contributed by atoms with Crippen molar-refractivity contribution in [3.05, 3.63) is 21.9 Å². The van der Waals surface area contributed by atoms with Gasteiger partial charge in [0.2, 0.25) is 0 Å². The lowest BCUT2D eigenvalue weighted by Crippen LogP contribution is -2.26. The molecule has 0 saturated carbocycles.